The standard InChI is InChI=1S/C22H21Cl2N3O4/c1-2-7-25-22(30)14-8-21(29)27(12-14)18-3-5-19(6-4-18)31-13-20(28)26-17-10-15(23)9-16(24)11-17/h2-6,9-11,14H,1,7-8,12-13H2,(H,25,30)(H,26,28). The molecule has 1 fully saturated rings. The molecule has 1 aliphatic rings. The van der Waals surface area contributed by atoms with Crippen molar-refractivity contribution >= 4 is 52.3 Å². The van der Waals surface area contributed by atoms with E-state index in [1.54, 1.807) is 53.4 Å². The van der Waals surface area contributed by atoms with Gasteiger partial charge in [0, 0.05) is 40.9 Å². The highest BCUT2D eigenvalue weighted by atomic mass is 35.5. The van der Waals surface area contributed by atoms with Crippen LogP contribution in [0.4, 0.5) is 11.4 Å². The first-order valence-corrected chi connectivity index (χ1v) is 10.3. The normalized spacial score (nSPS) is 15.5. The van der Waals surface area contributed by atoms with E-state index in [4.69, 9.17) is 27.9 Å². The van der Waals surface area contributed by atoms with Crippen LogP contribution >= 0.6 is 23.2 Å². The second-order valence-electron chi connectivity index (χ2n) is 6.93. The molecule has 0 bridgehead atoms. The molecule has 1 heterocycles. The number of carbonyl (C=O) groups is 3. The Balaban J connectivity index is 1.53. The first-order chi connectivity index (χ1) is 14.9. The maximum absolute atomic E-state index is 12.3. The van der Waals surface area contributed by atoms with Gasteiger partial charge in [-0.25, -0.2) is 0 Å². The van der Waals surface area contributed by atoms with Gasteiger partial charge in [-0.3, -0.25) is 14.4 Å². The Hall–Kier alpha value is -3.03. The van der Waals surface area contributed by atoms with Crippen LogP contribution in [0.25, 0.3) is 0 Å². The molecule has 1 unspecified atom stereocenters. The van der Waals surface area contributed by atoms with Gasteiger partial charge in [-0.1, -0.05) is 29.3 Å². The topological polar surface area (TPSA) is 87.7 Å². The largest absolute Gasteiger partial charge is 0.484 e. The molecular formula is C22H21Cl2N3O4. The van der Waals surface area contributed by atoms with Crippen molar-refractivity contribution in [3.63, 3.8) is 0 Å². The predicted molar refractivity (Wildman–Crippen MR) is 121 cm³/mol. The van der Waals surface area contributed by atoms with E-state index in [9.17, 15) is 14.4 Å². The van der Waals surface area contributed by atoms with E-state index in [0.717, 1.165) is 0 Å². The van der Waals surface area contributed by atoms with Crippen molar-refractivity contribution in [3.05, 3.63) is 65.2 Å². The number of ether oxygens (including phenoxy) is 1. The minimum atomic E-state index is -0.396. The van der Waals surface area contributed by atoms with Gasteiger partial charge in [0.15, 0.2) is 6.61 Å². The van der Waals surface area contributed by atoms with Gasteiger partial charge in [-0.05, 0) is 42.5 Å². The third-order valence-electron chi connectivity index (χ3n) is 4.58. The fourth-order valence-electron chi connectivity index (χ4n) is 3.14. The number of benzene rings is 2. The van der Waals surface area contributed by atoms with Crippen molar-refractivity contribution in [2.75, 3.05) is 29.9 Å². The van der Waals surface area contributed by atoms with Gasteiger partial charge in [0.05, 0.1) is 5.92 Å². The Morgan fingerprint density at radius 3 is 2.48 bits per heavy atom. The highest BCUT2D eigenvalue weighted by molar-refractivity contribution is 6.35. The summed E-state index contributed by atoms with van der Waals surface area (Å²) in [6, 6.07) is 11.5. The van der Waals surface area contributed by atoms with Crippen LogP contribution in [0.3, 0.4) is 0 Å². The summed E-state index contributed by atoms with van der Waals surface area (Å²) < 4.78 is 5.49. The van der Waals surface area contributed by atoms with Crippen molar-refractivity contribution < 1.29 is 19.1 Å². The SMILES string of the molecule is C=CCNC(=O)C1CC(=O)N(c2ccc(OCC(=O)Nc3cc(Cl)cc(Cl)c3)cc2)C1. The molecular weight excluding hydrogens is 441 g/mol. The van der Waals surface area contributed by atoms with Crippen LogP contribution in [0.15, 0.2) is 55.1 Å². The van der Waals surface area contributed by atoms with Crippen LogP contribution in [0.1, 0.15) is 6.42 Å². The van der Waals surface area contributed by atoms with Gasteiger partial charge in [0.25, 0.3) is 5.91 Å². The van der Waals surface area contributed by atoms with Gasteiger partial charge in [-0.15, -0.1) is 6.58 Å². The second-order valence-corrected chi connectivity index (χ2v) is 7.80. The van der Waals surface area contributed by atoms with Crippen LogP contribution in [-0.2, 0) is 14.4 Å². The number of hydrogen-bond acceptors (Lipinski definition) is 4. The average molecular weight is 462 g/mol. The smallest absolute Gasteiger partial charge is 0.262 e. The molecule has 0 aliphatic carbocycles. The third kappa shape index (κ3) is 6.23. The average Bonchev–Trinajstić information content (AvgIpc) is 3.12. The number of carbonyl (C=O) groups excluding carboxylic acids is 3. The van der Waals surface area contributed by atoms with Gasteiger partial charge in [0.1, 0.15) is 5.75 Å². The Labute approximate surface area is 190 Å². The lowest BCUT2D eigenvalue weighted by molar-refractivity contribution is -0.126. The molecule has 2 aromatic carbocycles. The molecule has 9 heteroatoms. The van der Waals surface area contributed by atoms with Crippen LogP contribution in [-0.4, -0.2) is 37.4 Å². The van der Waals surface area contributed by atoms with Crippen LogP contribution in [0.5, 0.6) is 5.75 Å². The summed E-state index contributed by atoms with van der Waals surface area (Å²) in [5.74, 6) is -0.581. The van der Waals surface area contributed by atoms with Gasteiger partial charge < -0.3 is 20.3 Å². The number of nitrogens with one attached hydrogen (secondary N) is 2. The van der Waals surface area contributed by atoms with Gasteiger partial charge >= 0.3 is 0 Å². The second kappa shape index (κ2) is 10.3. The van der Waals surface area contributed by atoms with Crippen LogP contribution < -0.4 is 20.3 Å². The molecule has 7 nitrogen and oxygen atoms in total. The first-order valence-electron chi connectivity index (χ1n) is 9.53. The maximum atomic E-state index is 12.3. The van der Waals surface area contributed by atoms with E-state index in [1.165, 1.54) is 0 Å². The molecule has 1 atom stereocenters. The quantitative estimate of drug-likeness (QED) is 0.587. The summed E-state index contributed by atoms with van der Waals surface area (Å²) in [4.78, 5) is 38.0. The molecule has 2 N–H and O–H groups in total. The number of nitrogens with zero attached hydrogens (tertiary/aromatic N) is 1. The molecule has 162 valence electrons. The molecule has 0 radical (unpaired) electrons. The highest BCUT2D eigenvalue weighted by Crippen LogP contribution is 2.27. The molecule has 3 amide bonds. The Morgan fingerprint density at radius 1 is 1.16 bits per heavy atom. The fourth-order valence-corrected chi connectivity index (χ4v) is 3.67. The minimum Gasteiger partial charge on any atom is -0.484 e. The highest BCUT2D eigenvalue weighted by Gasteiger charge is 2.34. The number of halogens is 2. The summed E-state index contributed by atoms with van der Waals surface area (Å²) in [7, 11) is 0. The van der Waals surface area contributed by atoms with Crippen molar-refractivity contribution in [1.82, 2.24) is 5.32 Å². The Kier molecular flexibility index (Phi) is 7.55. The zero-order valence-electron chi connectivity index (χ0n) is 16.6. The molecule has 1 aliphatic heterocycles. The van der Waals surface area contributed by atoms with Crippen molar-refractivity contribution in [2.45, 2.75) is 6.42 Å². The number of hydrogen-bond donors (Lipinski definition) is 2. The molecule has 31 heavy (non-hydrogen) atoms. The van der Waals surface area contributed by atoms with Crippen LogP contribution in [0.2, 0.25) is 10.0 Å². The number of rotatable bonds is 8. The summed E-state index contributed by atoms with van der Waals surface area (Å²) in [5, 5.41) is 6.20. The van der Waals surface area contributed by atoms with E-state index < -0.39 is 5.92 Å². The van der Waals surface area contributed by atoms with E-state index in [-0.39, 0.29) is 30.7 Å². The zero-order valence-corrected chi connectivity index (χ0v) is 18.1. The Morgan fingerprint density at radius 2 is 1.84 bits per heavy atom. The van der Waals surface area contributed by atoms with Crippen molar-refractivity contribution in [2.24, 2.45) is 5.92 Å². The molecule has 0 aromatic heterocycles. The van der Waals surface area contributed by atoms with E-state index in [2.05, 4.69) is 17.2 Å². The summed E-state index contributed by atoms with van der Waals surface area (Å²) in [6.07, 6.45) is 1.75. The number of amides is 3. The minimum absolute atomic E-state index is 0.119. The van der Waals surface area contributed by atoms with E-state index >= 15 is 0 Å². The molecule has 2 aromatic rings. The summed E-state index contributed by atoms with van der Waals surface area (Å²) in [5.41, 5.74) is 1.13. The van der Waals surface area contributed by atoms with E-state index in [0.29, 0.717) is 40.3 Å². The zero-order chi connectivity index (χ0) is 22.4. The fraction of sp³-hybridized carbons (Fsp3) is 0.227. The van der Waals surface area contributed by atoms with Crippen molar-refractivity contribution in [1.29, 1.82) is 0 Å². The predicted octanol–water partition coefficient (Wildman–Crippen LogP) is 3.67. The van der Waals surface area contributed by atoms with Crippen LogP contribution in [0, 0.1) is 5.92 Å². The molecule has 0 saturated carbocycles. The monoisotopic (exact) mass is 461 g/mol. The summed E-state index contributed by atoms with van der Waals surface area (Å²) >= 11 is 11.8. The van der Waals surface area contributed by atoms with E-state index in [1.807, 2.05) is 0 Å². The van der Waals surface area contributed by atoms with Crippen molar-refractivity contribution in [3.8, 4) is 5.75 Å². The lowest BCUT2D eigenvalue weighted by Crippen LogP contribution is -2.32. The molecule has 1 saturated heterocycles. The maximum Gasteiger partial charge on any atom is 0.262 e. The first kappa shape index (κ1) is 22.7. The molecule has 3 rings (SSSR count). The van der Waals surface area contributed by atoms with Gasteiger partial charge in [-0.2, -0.15) is 0 Å². The lowest BCUT2D eigenvalue weighted by Gasteiger charge is -2.17. The Bertz CT molecular complexity index is 975. The third-order valence-corrected chi connectivity index (χ3v) is 5.02. The lowest BCUT2D eigenvalue weighted by atomic mass is 10.1. The molecule has 0 spiro atoms. The summed E-state index contributed by atoms with van der Waals surface area (Å²) in [6.45, 7) is 4.03. The number of anilines is 2. The van der Waals surface area contributed by atoms with Gasteiger partial charge in [0.2, 0.25) is 11.8 Å².